The Hall–Kier alpha value is -5.23. The normalized spacial score (nSPS) is 11.6. The summed E-state index contributed by atoms with van der Waals surface area (Å²) in [6.45, 7) is 2.41. The van der Waals surface area contributed by atoms with E-state index >= 15 is 0 Å². The number of aliphatic carboxylic acids is 1. The Balaban J connectivity index is 1.41. The Morgan fingerprint density at radius 1 is 0.727 bits per heavy atom. The van der Waals surface area contributed by atoms with Gasteiger partial charge in [-0.15, -0.1) is 0 Å². The third-order valence-corrected chi connectivity index (χ3v) is 7.99. The van der Waals surface area contributed by atoms with Crippen LogP contribution < -0.4 is 5.32 Å². The minimum absolute atomic E-state index is 0.0889. The van der Waals surface area contributed by atoms with Gasteiger partial charge in [-0.25, -0.2) is 0 Å². The van der Waals surface area contributed by atoms with Crippen LogP contribution in [-0.4, -0.2) is 40.4 Å². The van der Waals surface area contributed by atoms with E-state index in [4.69, 9.17) is 0 Å². The van der Waals surface area contributed by atoms with Gasteiger partial charge in [-0.3, -0.25) is 14.4 Å². The van der Waals surface area contributed by atoms with Crippen LogP contribution in [0.4, 0.5) is 0 Å². The van der Waals surface area contributed by atoms with Crippen molar-refractivity contribution in [2.24, 2.45) is 0 Å². The molecule has 0 heterocycles. The Morgan fingerprint density at radius 2 is 1.34 bits per heavy atom. The van der Waals surface area contributed by atoms with Gasteiger partial charge < -0.3 is 15.3 Å². The standard InChI is InChI=1S/C38H36N2O4/c1-27(22-23-28-12-3-2-4-13-28)40(25-24-36(41)42)38(44)35-21-10-8-19-33(35)32-18-7-9-20-34(32)37(43)39-26-30-16-11-15-29-14-5-6-17-31(29)30/h2-21,27H,22-26H2,1H3,(H,39,43)(H,41,42). The maximum atomic E-state index is 14.2. The number of carbonyl (C=O) groups is 3. The van der Waals surface area contributed by atoms with E-state index < -0.39 is 5.97 Å². The van der Waals surface area contributed by atoms with Crippen LogP contribution in [0.3, 0.4) is 0 Å². The predicted octanol–water partition coefficient (Wildman–Crippen LogP) is 7.38. The highest BCUT2D eigenvalue weighted by Crippen LogP contribution is 2.29. The van der Waals surface area contributed by atoms with E-state index in [2.05, 4.69) is 5.32 Å². The number of hydrogen-bond acceptors (Lipinski definition) is 3. The molecule has 6 nitrogen and oxygen atoms in total. The van der Waals surface area contributed by atoms with Crippen molar-refractivity contribution in [1.82, 2.24) is 10.2 Å². The topological polar surface area (TPSA) is 86.7 Å². The Bertz CT molecular complexity index is 1760. The van der Waals surface area contributed by atoms with Crippen LogP contribution in [0.25, 0.3) is 21.9 Å². The zero-order valence-electron chi connectivity index (χ0n) is 24.8. The van der Waals surface area contributed by atoms with Crippen molar-refractivity contribution in [1.29, 1.82) is 0 Å². The summed E-state index contributed by atoms with van der Waals surface area (Å²) >= 11 is 0. The number of hydrogen-bond donors (Lipinski definition) is 2. The maximum absolute atomic E-state index is 14.2. The summed E-state index contributed by atoms with van der Waals surface area (Å²) in [4.78, 5) is 40.9. The van der Waals surface area contributed by atoms with Crippen molar-refractivity contribution >= 4 is 28.6 Å². The summed E-state index contributed by atoms with van der Waals surface area (Å²) in [5.41, 5.74) is 4.34. The van der Waals surface area contributed by atoms with Crippen molar-refractivity contribution in [2.75, 3.05) is 6.54 Å². The van der Waals surface area contributed by atoms with Crippen LogP contribution in [0.1, 0.15) is 51.6 Å². The lowest BCUT2D eigenvalue weighted by Gasteiger charge is -2.30. The molecule has 0 fully saturated rings. The van der Waals surface area contributed by atoms with E-state index in [9.17, 15) is 19.5 Å². The van der Waals surface area contributed by atoms with Crippen LogP contribution in [0.5, 0.6) is 0 Å². The minimum atomic E-state index is -0.959. The fraction of sp³-hybridized carbons (Fsp3) is 0.184. The molecule has 0 aliphatic heterocycles. The van der Waals surface area contributed by atoms with Crippen LogP contribution >= 0.6 is 0 Å². The number of nitrogens with one attached hydrogen (secondary N) is 1. The fourth-order valence-corrected chi connectivity index (χ4v) is 5.61. The quantitative estimate of drug-likeness (QED) is 0.160. The van der Waals surface area contributed by atoms with Gasteiger partial charge in [0.15, 0.2) is 0 Å². The molecule has 1 atom stereocenters. The van der Waals surface area contributed by atoms with E-state index in [0.29, 0.717) is 35.2 Å². The molecule has 0 radical (unpaired) electrons. The van der Waals surface area contributed by atoms with Crippen molar-refractivity contribution in [3.05, 3.63) is 144 Å². The zero-order valence-corrected chi connectivity index (χ0v) is 24.8. The van der Waals surface area contributed by atoms with Crippen molar-refractivity contribution in [2.45, 2.75) is 38.8 Å². The monoisotopic (exact) mass is 584 g/mol. The van der Waals surface area contributed by atoms with Crippen molar-refractivity contribution in [3.63, 3.8) is 0 Å². The van der Waals surface area contributed by atoms with Gasteiger partial charge >= 0.3 is 5.97 Å². The maximum Gasteiger partial charge on any atom is 0.305 e. The highest BCUT2D eigenvalue weighted by atomic mass is 16.4. The molecule has 0 aliphatic rings. The molecule has 5 aromatic rings. The molecular weight excluding hydrogens is 548 g/mol. The number of carbonyl (C=O) groups excluding carboxylic acids is 2. The second-order valence-electron chi connectivity index (χ2n) is 10.9. The largest absolute Gasteiger partial charge is 0.481 e. The van der Waals surface area contributed by atoms with E-state index in [-0.39, 0.29) is 30.8 Å². The molecule has 5 aromatic carbocycles. The van der Waals surface area contributed by atoms with Gasteiger partial charge in [0, 0.05) is 30.3 Å². The van der Waals surface area contributed by atoms with Gasteiger partial charge in [-0.1, -0.05) is 109 Å². The lowest BCUT2D eigenvalue weighted by atomic mass is 9.93. The molecule has 0 spiro atoms. The number of aryl methyl sites for hydroxylation is 1. The molecular formula is C38H36N2O4. The highest BCUT2D eigenvalue weighted by Gasteiger charge is 2.26. The Labute approximate surface area is 258 Å². The molecule has 0 aliphatic carbocycles. The molecule has 44 heavy (non-hydrogen) atoms. The van der Waals surface area contributed by atoms with Crippen LogP contribution in [0.2, 0.25) is 0 Å². The number of benzene rings is 5. The number of carboxylic acid groups (broad SMARTS) is 1. The third-order valence-electron chi connectivity index (χ3n) is 7.99. The first-order valence-electron chi connectivity index (χ1n) is 14.9. The Kier molecular flexibility index (Phi) is 9.82. The van der Waals surface area contributed by atoms with Gasteiger partial charge in [0.25, 0.3) is 11.8 Å². The minimum Gasteiger partial charge on any atom is -0.481 e. The molecule has 5 rings (SSSR count). The lowest BCUT2D eigenvalue weighted by Crippen LogP contribution is -2.40. The predicted molar refractivity (Wildman–Crippen MR) is 175 cm³/mol. The number of fused-ring (bicyclic) bond motifs is 1. The van der Waals surface area contributed by atoms with E-state index in [0.717, 1.165) is 28.3 Å². The molecule has 0 saturated carbocycles. The summed E-state index contributed by atoms with van der Waals surface area (Å²) in [6, 6.07) is 38.4. The van der Waals surface area contributed by atoms with Crippen LogP contribution in [0.15, 0.2) is 121 Å². The zero-order chi connectivity index (χ0) is 30.9. The smallest absolute Gasteiger partial charge is 0.305 e. The van der Waals surface area contributed by atoms with Crippen LogP contribution in [-0.2, 0) is 17.8 Å². The summed E-state index contributed by atoms with van der Waals surface area (Å²) in [5, 5.41) is 14.7. The van der Waals surface area contributed by atoms with Gasteiger partial charge in [-0.2, -0.15) is 0 Å². The summed E-state index contributed by atoms with van der Waals surface area (Å²) in [7, 11) is 0. The first-order chi connectivity index (χ1) is 21.4. The molecule has 6 heteroatoms. The molecule has 2 N–H and O–H groups in total. The molecule has 0 aromatic heterocycles. The molecule has 222 valence electrons. The average Bonchev–Trinajstić information content (AvgIpc) is 3.06. The highest BCUT2D eigenvalue weighted by molar-refractivity contribution is 6.06. The second kappa shape index (κ2) is 14.3. The van der Waals surface area contributed by atoms with Gasteiger partial charge in [0.1, 0.15) is 0 Å². The first kappa shape index (κ1) is 30.2. The molecule has 2 amide bonds. The number of carboxylic acids is 1. The van der Waals surface area contributed by atoms with Gasteiger partial charge in [0.2, 0.25) is 0 Å². The molecule has 1 unspecified atom stereocenters. The van der Waals surface area contributed by atoms with Gasteiger partial charge in [-0.05, 0) is 64.9 Å². The lowest BCUT2D eigenvalue weighted by molar-refractivity contribution is -0.137. The van der Waals surface area contributed by atoms with Gasteiger partial charge in [0.05, 0.1) is 6.42 Å². The average molecular weight is 585 g/mol. The number of nitrogens with zero attached hydrogens (tertiary/aromatic N) is 1. The van der Waals surface area contributed by atoms with E-state index in [1.165, 1.54) is 0 Å². The SMILES string of the molecule is CC(CCc1ccccc1)N(CCC(=O)O)C(=O)c1ccccc1-c1ccccc1C(=O)NCc1cccc2ccccc12. The third kappa shape index (κ3) is 7.21. The summed E-state index contributed by atoms with van der Waals surface area (Å²) in [6.07, 6.45) is 1.29. The van der Waals surface area contributed by atoms with Crippen molar-refractivity contribution < 1.29 is 19.5 Å². The van der Waals surface area contributed by atoms with E-state index in [1.54, 1.807) is 23.1 Å². The second-order valence-corrected chi connectivity index (χ2v) is 10.9. The number of rotatable bonds is 12. The fourth-order valence-electron chi connectivity index (χ4n) is 5.61. The molecule has 0 saturated heterocycles. The Morgan fingerprint density at radius 3 is 2.09 bits per heavy atom. The summed E-state index contributed by atoms with van der Waals surface area (Å²) < 4.78 is 0. The van der Waals surface area contributed by atoms with Crippen molar-refractivity contribution in [3.8, 4) is 11.1 Å². The van der Waals surface area contributed by atoms with E-state index in [1.807, 2.05) is 110 Å². The summed E-state index contributed by atoms with van der Waals surface area (Å²) in [5.74, 6) is -1.46. The molecule has 0 bridgehead atoms. The number of amides is 2. The van der Waals surface area contributed by atoms with Crippen LogP contribution in [0, 0.1) is 0 Å². The first-order valence-corrected chi connectivity index (χ1v) is 14.9.